The third-order valence-electron chi connectivity index (χ3n) is 4.25. The first-order valence-corrected chi connectivity index (χ1v) is 15.3. The summed E-state index contributed by atoms with van der Waals surface area (Å²) in [5.41, 5.74) is 1.15. The first-order chi connectivity index (χ1) is 12.5. The van der Waals surface area contributed by atoms with Gasteiger partial charge < -0.3 is 0 Å². The molecular weight excluding hydrogens is 439 g/mol. The normalized spacial score (nSPS) is 11.0. The van der Waals surface area contributed by atoms with Crippen LogP contribution in [0.2, 0.25) is 9.88 Å². The van der Waals surface area contributed by atoms with Crippen molar-refractivity contribution in [3.8, 4) is 28.6 Å². The first-order valence-electron chi connectivity index (χ1n) is 8.17. The van der Waals surface area contributed by atoms with E-state index < -0.39 is 19.8 Å². The summed E-state index contributed by atoms with van der Waals surface area (Å²) in [5.74, 6) is 2.43. The van der Waals surface area contributed by atoms with Crippen LogP contribution >= 0.6 is 0 Å². The Balaban J connectivity index is 2.24. The minimum atomic E-state index is -1.69. The Kier molecular flexibility index (Phi) is 5.46. The van der Waals surface area contributed by atoms with Gasteiger partial charge in [-0.1, -0.05) is 0 Å². The number of ether oxygens (including phenoxy) is 3. The van der Waals surface area contributed by atoms with E-state index in [4.69, 9.17) is 18.6 Å². The van der Waals surface area contributed by atoms with Gasteiger partial charge in [0.25, 0.3) is 0 Å². The molecule has 3 rings (SSSR count). The van der Waals surface area contributed by atoms with E-state index in [9.17, 15) is 4.79 Å². The van der Waals surface area contributed by atoms with Gasteiger partial charge in [-0.25, -0.2) is 0 Å². The van der Waals surface area contributed by atoms with Gasteiger partial charge in [-0.15, -0.1) is 0 Å². The fourth-order valence-electron chi connectivity index (χ4n) is 2.90. The Morgan fingerprint density at radius 2 is 1.62 bits per heavy atom. The van der Waals surface area contributed by atoms with Crippen LogP contribution in [0.5, 0.6) is 17.2 Å². The molecule has 0 atom stereocenters. The molecule has 0 saturated carbocycles. The molecule has 0 unspecified atom stereocenters. The van der Waals surface area contributed by atoms with Gasteiger partial charge in [0.05, 0.1) is 0 Å². The summed E-state index contributed by atoms with van der Waals surface area (Å²) >= 11 is -1.69. The van der Waals surface area contributed by atoms with Crippen molar-refractivity contribution in [3.05, 3.63) is 46.6 Å². The molecule has 0 amide bonds. The van der Waals surface area contributed by atoms with Gasteiger partial charge in [-0.05, 0) is 0 Å². The van der Waals surface area contributed by atoms with Crippen LogP contribution in [0, 0.1) is 0 Å². The molecule has 1 heterocycles. The van der Waals surface area contributed by atoms with Crippen LogP contribution < -0.4 is 23.2 Å². The van der Waals surface area contributed by atoms with E-state index >= 15 is 0 Å². The number of hydrogen-bond acceptors (Lipinski definition) is 5. The molecule has 0 saturated heterocycles. The Hall–Kier alpha value is -2.15. The molecule has 6 heteroatoms. The van der Waals surface area contributed by atoms with Gasteiger partial charge in [-0.2, -0.15) is 0 Å². The van der Waals surface area contributed by atoms with Gasteiger partial charge in [0, 0.05) is 0 Å². The molecule has 0 aliphatic heterocycles. The van der Waals surface area contributed by atoms with Crippen molar-refractivity contribution < 1.29 is 18.6 Å². The Morgan fingerprint density at radius 3 is 2.23 bits per heavy atom. The second-order valence-electron chi connectivity index (χ2n) is 6.09. The summed E-state index contributed by atoms with van der Waals surface area (Å²) in [5, 5.41) is 0.410. The number of rotatable bonds is 5. The molecule has 0 N–H and O–H groups in total. The molecular formula is C20H21O5Sn. The van der Waals surface area contributed by atoms with Crippen molar-refractivity contribution in [2.24, 2.45) is 0 Å². The maximum absolute atomic E-state index is 12.7. The summed E-state index contributed by atoms with van der Waals surface area (Å²) in [7, 11) is 4.76. The second kappa shape index (κ2) is 7.61. The standard InChI is InChI=1S/C18H15O5.2CH3.Sn/c1-20-12-6-4-11(5-7-12)15-10-14(19)18-16(22-3)8-13(21-2)9-17(18)23-15;;;/h4-6,8-10H,1-3H3;2*1H3;. The molecule has 3 aromatic rings. The van der Waals surface area contributed by atoms with Gasteiger partial charge in [0.1, 0.15) is 0 Å². The molecule has 135 valence electrons. The molecule has 2 aromatic carbocycles. The minimum absolute atomic E-state index is 0.148. The fourth-order valence-corrected chi connectivity index (χ4v) is 6.10. The van der Waals surface area contributed by atoms with Crippen molar-refractivity contribution in [2.45, 2.75) is 9.88 Å². The first kappa shape index (κ1) is 18.6. The third kappa shape index (κ3) is 3.40. The van der Waals surface area contributed by atoms with E-state index in [1.807, 2.05) is 12.1 Å². The third-order valence-corrected chi connectivity index (χ3v) is 8.44. The summed E-state index contributed by atoms with van der Waals surface area (Å²) in [6, 6.07) is 10.8. The van der Waals surface area contributed by atoms with E-state index in [1.54, 1.807) is 26.4 Å². The predicted octanol–water partition coefficient (Wildman–Crippen LogP) is 3.45. The molecule has 0 aliphatic carbocycles. The Morgan fingerprint density at radius 1 is 0.885 bits per heavy atom. The Bertz CT molecular complexity index is 1010. The number of hydrogen-bond donors (Lipinski definition) is 0. The zero-order valence-electron chi connectivity index (χ0n) is 15.5. The van der Waals surface area contributed by atoms with E-state index in [1.165, 1.54) is 16.8 Å². The van der Waals surface area contributed by atoms with E-state index in [2.05, 4.69) is 15.9 Å². The van der Waals surface area contributed by atoms with Crippen molar-refractivity contribution in [1.82, 2.24) is 0 Å². The molecule has 5 nitrogen and oxygen atoms in total. The number of benzene rings is 2. The van der Waals surface area contributed by atoms with E-state index in [0.717, 1.165) is 11.3 Å². The summed E-state index contributed by atoms with van der Waals surface area (Å²) in [6.45, 7) is 0. The van der Waals surface area contributed by atoms with E-state index in [0.29, 0.717) is 28.2 Å². The van der Waals surface area contributed by atoms with E-state index in [-0.39, 0.29) is 5.43 Å². The van der Waals surface area contributed by atoms with Crippen molar-refractivity contribution in [1.29, 1.82) is 0 Å². The molecule has 0 aliphatic rings. The average molecular weight is 460 g/mol. The fraction of sp³-hybridized carbons (Fsp3) is 0.250. The summed E-state index contributed by atoms with van der Waals surface area (Å²) in [6.07, 6.45) is 0. The molecule has 0 bridgehead atoms. The Labute approximate surface area is 159 Å². The van der Waals surface area contributed by atoms with Crippen LogP contribution in [-0.2, 0) is 0 Å². The van der Waals surface area contributed by atoms with Crippen LogP contribution in [0.15, 0.2) is 45.6 Å². The number of methoxy groups -OCH3 is 3. The van der Waals surface area contributed by atoms with Crippen LogP contribution in [0.25, 0.3) is 22.3 Å². The maximum atomic E-state index is 12.7. The topological polar surface area (TPSA) is 57.9 Å². The zero-order valence-corrected chi connectivity index (χ0v) is 18.4. The van der Waals surface area contributed by atoms with Crippen molar-refractivity contribution in [2.75, 3.05) is 21.3 Å². The van der Waals surface area contributed by atoms with Crippen LogP contribution in [0.3, 0.4) is 0 Å². The number of fused-ring (bicyclic) bond motifs is 1. The molecule has 1 aromatic heterocycles. The second-order valence-corrected chi connectivity index (χ2v) is 13.3. The van der Waals surface area contributed by atoms with Crippen molar-refractivity contribution in [3.63, 3.8) is 0 Å². The summed E-state index contributed by atoms with van der Waals surface area (Å²) < 4.78 is 23.4. The quantitative estimate of drug-likeness (QED) is 0.547. The SMILES string of the molecule is COc1cc(OC)c2c(=O)cc(-c3ccc(OC)[c]([Sn]([CH3])[CH3])c3)oc2c1. The molecule has 0 spiro atoms. The monoisotopic (exact) mass is 461 g/mol. The predicted molar refractivity (Wildman–Crippen MR) is 105 cm³/mol. The van der Waals surface area contributed by atoms with Gasteiger partial charge >= 0.3 is 159 Å². The van der Waals surface area contributed by atoms with Gasteiger partial charge in [-0.3, -0.25) is 0 Å². The van der Waals surface area contributed by atoms with Crippen LogP contribution in [0.4, 0.5) is 0 Å². The molecule has 0 fully saturated rings. The van der Waals surface area contributed by atoms with Crippen LogP contribution in [-0.4, -0.2) is 41.1 Å². The zero-order chi connectivity index (χ0) is 18.8. The van der Waals surface area contributed by atoms with Crippen molar-refractivity contribution >= 4 is 34.3 Å². The average Bonchev–Trinajstić information content (AvgIpc) is 2.66. The van der Waals surface area contributed by atoms with Crippen LogP contribution in [0.1, 0.15) is 0 Å². The molecule has 26 heavy (non-hydrogen) atoms. The summed E-state index contributed by atoms with van der Waals surface area (Å²) in [4.78, 5) is 17.3. The molecule has 1 radical (unpaired) electrons. The van der Waals surface area contributed by atoms with Gasteiger partial charge in [0.15, 0.2) is 0 Å². The van der Waals surface area contributed by atoms with Gasteiger partial charge in [0.2, 0.25) is 0 Å².